The van der Waals surface area contributed by atoms with Gasteiger partial charge >= 0.3 is 5.97 Å². The molecule has 0 saturated carbocycles. The number of hydrogen-bond acceptors (Lipinski definition) is 4. The predicted octanol–water partition coefficient (Wildman–Crippen LogP) is 2.70. The molecule has 1 heterocycles. The maximum atomic E-state index is 11.0. The molecule has 0 saturated heterocycles. The van der Waals surface area contributed by atoms with E-state index in [1.165, 1.54) is 22.9 Å². The van der Waals surface area contributed by atoms with Crippen molar-refractivity contribution in [2.75, 3.05) is 0 Å². The Morgan fingerprint density at radius 3 is 2.59 bits per heavy atom. The molecule has 0 atom stereocenters. The van der Waals surface area contributed by atoms with Gasteiger partial charge in [0.05, 0.1) is 10.4 Å². The Balaban J connectivity index is 2.27. The molecule has 0 aliphatic rings. The van der Waals surface area contributed by atoms with E-state index in [-0.39, 0.29) is 12.2 Å². The Morgan fingerprint density at radius 1 is 1.23 bits per heavy atom. The van der Waals surface area contributed by atoms with E-state index in [0.717, 1.165) is 5.56 Å². The lowest BCUT2D eigenvalue weighted by molar-refractivity contribution is -0.384. The number of nitrogens with zero attached hydrogens (tertiary/aromatic N) is 3. The van der Waals surface area contributed by atoms with E-state index in [1.807, 2.05) is 30.3 Å². The highest BCUT2D eigenvalue weighted by molar-refractivity contribution is 5.95. The highest BCUT2D eigenvalue weighted by Gasteiger charge is 2.17. The maximum absolute atomic E-state index is 11.0. The number of carbonyl (C=O) groups is 1. The second kappa shape index (κ2) is 5.28. The zero-order chi connectivity index (χ0) is 15.7. The van der Waals surface area contributed by atoms with E-state index >= 15 is 0 Å². The summed E-state index contributed by atoms with van der Waals surface area (Å²) in [6.07, 6.45) is 0. The van der Waals surface area contributed by atoms with Gasteiger partial charge in [-0.25, -0.2) is 0 Å². The normalized spacial score (nSPS) is 10.7. The summed E-state index contributed by atoms with van der Waals surface area (Å²) < 4.78 is 1.34. The minimum atomic E-state index is -1.03. The number of aliphatic carboxylic acids is 1. The lowest BCUT2D eigenvalue weighted by atomic mass is 10.1. The first-order chi connectivity index (χ1) is 10.6. The molecular formula is C15H11N3O4. The van der Waals surface area contributed by atoms with Gasteiger partial charge in [-0.1, -0.05) is 30.3 Å². The third kappa shape index (κ3) is 2.39. The molecule has 110 valence electrons. The lowest BCUT2D eigenvalue weighted by Crippen LogP contribution is -2.09. The van der Waals surface area contributed by atoms with Crippen molar-refractivity contribution in [3.63, 3.8) is 0 Å². The van der Waals surface area contributed by atoms with Crippen molar-refractivity contribution >= 4 is 22.6 Å². The van der Waals surface area contributed by atoms with Gasteiger partial charge in [0, 0.05) is 23.1 Å². The van der Waals surface area contributed by atoms with Crippen molar-refractivity contribution in [1.82, 2.24) is 9.78 Å². The second-order valence-corrected chi connectivity index (χ2v) is 4.72. The number of fused-ring (bicyclic) bond motifs is 1. The molecule has 1 N–H and O–H groups in total. The summed E-state index contributed by atoms with van der Waals surface area (Å²) in [7, 11) is 0. The number of nitro groups is 1. The quantitative estimate of drug-likeness (QED) is 0.589. The first-order valence-corrected chi connectivity index (χ1v) is 6.48. The van der Waals surface area contributed by atoms with Crippen LogP contribution in [0.15, 0.2) is 48.5 Å². The fraction of sp³-hybridized carbons (Fsp3) is 0.0667. The molecule has 7 nitrogen and oxygen atoms in total. The van der Waals surface area contributed by atoms with Crippen LogP contribution in [-0.4, -0.2) is 25.8 Å². The van der Waals surface area contributed by atoms with Gasteiger partial charge in [0.15, 0.2) is 0 Å². The van der Waals surface area contributed by atoms with Crippen LogP contribution < -0.4 is 0 Å². The number of hydrogen-bond donors (Lipinski definition) is 1. The molecule has 0 spiro atoms. The first-order valence-electron chi connectivity index (χ1n) is 6.48. The molecule has 2 aromatic carbocycles. The summed E-state index contributed by atoms with van der Waals surface area (Å²) in [6.45, 7) is -0.304. The standard InChI is InChI=1S/C15H11N3O4/c19-14(20)9-17-13-7-6-11(18(21)22)8-12(13)15(16-17)10-4-2-1-3-5-10/h1-8H,9H2,(H,19,20). The largest absolute Gasteiger partial charge is 0.480 e. The number of carboxylic acids is 1. The molecule has 0 unspecified atom stereocenters. The fourth-order valence-corrected chi connectivity index (χ4v) is 2.34. The zero-order valence-corrected chi connectivity index (χ0v) is 11.3. The Hall–Kier alpha value is -3.22. The summed E-state index contributed by atoms with van der Waals surface area (Å²) in [4.78, 5) is 21.4. The van der Waals surface area contributed by atoms with Crippen molar-refractivity contribution in [3.05, 3.63) is 58.6 Å². The summed E-state index contributed by atoms with van der Waals surface area (Å²) >= 11 is 0. The Bertz CT molecular complexity index is 871. The van der Waals surface area contributed by atoms with E-state index in [9.17, 15) is 14.9 Å². The van der Waals surface area contributed by atoms with E-state index in [0.29, 0.717) is 16.6 Å². The summed E-state index contributed by atoms with van der Waals surface area (Å²) in [5.41, 5.74) is 1.80. The molecular weight excluding hydrogens is 286 g/mol. The van der Waals surface area contributed by atoms with Gasteiger partial charge in [0.25, 0.3) is 5.69 Å². The van der Waals surface area contributed by atoms with Gasteiger partial charge in [0.2, 0.25) is 0 Å². The molecule has 1 aromatic heterocycles. The molecule has 0 fully saturated rings. The maximum Gasteiger partial charge on any atom is 0.325 e. The van der Waals surface area contributed by atoms with Crippen LogP contribution in [0.4, 0.5) is 5.69 Å². The zero-order valence-electron chi connectivity index (χ0n) is 11.3. The number of non-ortho nitro benzene ring substituents is 1. The Labute approximate surface area is 124 Å². The number of aromatic nitrogens is 2. The number of nitro benzene ring substituents is 1. The fourth-order valence-electron chi connectivity index (χ4n) is 2.34. The van der Waals surface area contributed by atoms with Crippen molar-refractivity contribution in [2.24, 2.45) is 0 Å². The minimum Gasteiger partial charge on any atom is -0.480 e. The smallest absolute Gasteiger partial charge is 0.325 e. The second-order valence-electron chi connectivity index (χ2n) is 4.72. The molecule has 0 amide bonds. The number of carboxylic acid groups (broad SMARTS) is 1. The van der Waals surface area contributed by atoms with Crippen molar-refractivity contribution in [1.29, 1.82) is 0 Å². The van der Waals surface area contributed by atoms with E-state index < -0.39 is 10.9 Å². The predicted molar refractivity (Wildman–Crippen MR) is 79.5 cm³/mol. The monoisotopic (exact) mass is 297 g/mol. The SMILES string of the molecule is O=C(O)Cn1nc(-c2ccccc2)c2cc([N+](=O)[O-])ccc21. The van der Waals surface area contributed by atoms with Gasteiger partial charge < -0.3 is 5.11 Å². The minimum absolute atomic E-state index is 0.0560. The van der Waals surface area contributed by atoms with Crippen LogP contribution in [0.3, 0.4) is 0 Å². The summed E-state index contributed by atoms with van der Waals surface area (Å²) in [5.74, 6) is -1.03. The van der Waals surface area contributed by atoms with Crippen LogP contribution in [0.5, 0.6) is 0 Å². The van der Waals surface area contributed by atoms with Crippen molar-refractivity contribution in [3.8, 4) is 11.3 Å². The van der Waals surface area contributed by atoms with Gasteiger partial charge in [-0.3, -0.25) is 19.6 Å². The van der Waals surface area contributed by atoms with Gasteiger partial charge in [0.1, 0.15) is 12.2 Å². The first kappa shape index (κ1) is 13.7. The van der Waals surface area contributed by atoms with Crippen LogP contribution in [0.25, 0.3) is 22.2 Å². The Kier molecular flexibility index (Phi) is 3.30. The van der Waals surface area contributed by atoms with Crippen LogP contribution in [0, 0.1) is 10.1 Å². The molecule has 0 aliphatic carbocycles. The molecule has 3 aromatic rings. The van der Waals surface area contributed by atoms with E-state index in [4.69, 9.17) is 5.11 Å². The summed E-state index contributed by atoms with van der Waals surface area (Å²) in [6, 6.07) is 13.4. The molecule has 0 radical (unpaired) electrons. The van der Waals surface area contributed by atoms with Crippen LogP contribution in [-0.2, 0) is 11.3 Å². The van der Waals surface area contributed by atoms with Crippen LogP contribution in [0.2, 0.25) is 0 Å². The third-order valence-corrected chi connectivity index (χ3v) is 3.28. The van der Waals surface area contributed by atoms with Gasteiger partial charge in [-0.15, -0.1) is 0 Å². The van der Waals surface area contributed by atoms with Gasteiger partial charge in [-0.05, 0) is 6.07 Å². The Morgan fingerprint density at radius 2 is 1.95 bits per heavy atom. The topological polar surface area (TPSA) is 98.3 Å². The van der Waals surface area contributed by atoms with E-state index in [1.54, 1.807) is 0 Å². The molecule has 0 bridgehead atoms. The summed E-state index contributed by atoms with van der Waals surface area (Å²) in [5, 5.41) is 24.8. The van der Waals surface area contributed by atoms with Gasteiger partial charge in [-0.2, -0.15) is 5.10 Å². The van der Waals surface area contributed by atoms with E-state index in [2.05, 4.69) is 5.10 Å². The third-order valence-electron chi connectivity index (χ3n) is 3.28. The molecule has 3 rings (SSSR count). The van der Waals surface area contributed by atoms with Crippen molar-refractivity contribution in [2.45, 2.75) is 6.54 Å². The number of rotatable bonds is 4. The highest BCUT2D eigenvalue weighted by Crippen LogP contribution is 2.30. The van der Waals surface area contributed by atoms with Crippen molar-refractivity contribution < 1.29 is 14.8 Å². The average Bonchev–Trinajstić information content (AvgIpc) is 2.85. The van der Waals surface area contributed by atoms with Crippen LogP contribution >= 0.6 is 0 Å². The molecule has 7 heteroatoms. The lowest BCUT2D eigenvalue weighted by Gasteiger charge is -1.98. The highest BCUT2D eigenvalue weighted by atomic mass is 16.6. The molecule has 22 heavy (non-hydrogen) atoms. The number of benzene rings is 2. The molecule has 0 aliphatic heterocycles. The van der Waals surface area contributed by atoms with Crippen LogP contribution in [0.1, 0.15) is 0 Å². The average molecular weight is 297 g/mol.